The second-order valence-corrected chi connectivity index (χ2v) is 9.14. The van der Waals surface area contributed by atoms with Crippen molar-refractivity contribution < 1.29 is 9.63 Å². The molecule has 0 unspecified atom stereocenters. The molecular weight excluding hydrogens is 344 g/mol. The van der Waals surface area contributed by atoms with Crippen molar-refractivity contribution in [2.24, 2.45) is 11.1 Å². The summed E-state index contributed by atoms with van der Waals surface area (Å²) in [5, 5.41) is 4.97. The number of oxime groups is 1. The molecule has 2 rings (SSSR count). The Kier molecular flexibility index (Phi) is 9.03. The lowest BCUT2D eigenvalue weighted by Crippen LogP contribution is -2.33. The van der Waals surface area contributed by atoms with E-state index >= 15 is 0 Å². The number of nitrogens with zero attached hydrogens (tertiary/aromatic N) is 2. The topological polar surface area (TPSA) is 41.9 Å². The highest BCUT2D eigenvalue weighted by Gasteiger charge is 2.34. The number of Topliss-reactive ketones (excluding diaryl/α,β-unsaturated/α-hetero) is 1. The van der Waals surface area contributed by atoms with Crippen LogP contribution in [0.5, 0.6) is 0 Å². The smallest absolute Gasteiger partial charge is 0.166 e. The summed E-state index contributed by atoms with van der Waals surface area (Å²) in [6.45, 7) is 11.3. The lowest BCUT2D eigenvalue weighted by Gasteiger charge is -2.33. The zero-order chi connectivity index (χ0) is 18.9. The van der Waals surface area contributed by atoms with Gasteiger partial charge in [0.25, 0.3) is 0 Å². The van der Waals surface area contributed by atoms with Crippen molar-refractivity contribution in [2.45, 2.75) is 77.9 Å². The fourth-order valence-corrected chi connectivity index (χ4v) is 5.14. The molecule has 0 spiro atoms. The van der Waals surface area contributed by atoms with E-state index in [1.165, 1.54) is 18.5 Å². The predicted molar refractivity (Wildman–Crippen MR) is 112 cm³/mol. The molecular formula is C21H36N2O2S. The van der Waals surface area contributed by atoms with Gasteiger partial charge in [0, 0.05) is 30.5 Å². The number of likely N-dealkylation sites (tertiary alicyclic amines) is 1. The van der Waals surface area contributed by atoms with Crippen LogP contribution in [-0.4, -0.2) is 47.1 Å². The first-order valence-corrected chi connectivity index (χ1v) is 11.5. The molecule has 26 heavy (non-hydrogen) atoms. The second kappa shape index (κ2) is 11.0. The van der Waals surface area contributed by atoms with Crippen LogP contribution in [-0.2, 0) is 9.63 Å². The molecule has 1 saturated heterocycles. The molecule has 0 aromatic rings. The van der Waals surface area contributed by atoms with Crippen LogP contribution in [0.25, 0.3) is 0 Å². The molecule has 148 valence electrons. The molecule has 0 N–H and O–H groups in total. The van der Waals surface area contributed by atoms with E-state index in [1.807, 2.05) is 18.7 Å². The van der Waals surface area contributed by atoms with Crippen LogP contribution in [0.15, 0.2) is 16.4 Å². The molecule has 0 saturated carbocycles. The Hall–Kier alpha value is -0.970. The first-order valence-electron chi connectivity index (χ1n) is 10.4. The summed E-state index contributed by atoms with van der Waals surface area (Å²) in [6, 6.07) is 0. The molecule has 0 amide bonds. The van der Waals surface area contributed by atoms with E-state index in [4.69, 9.17) is 4.84 Å². The number of allylic oxidation sites excluding steroid dienone is 2. The van der Waals surface area contributed by atoms with Gasteiger partial charge in [-0.25, -0.2) is 0 Å². The maximum absolute atomic E-state index is 13.2. The van der Waals surface area contributed by atoms with Crippen LogP contribution >= 0.6 is 11.8 Å². The number of ketones is 1. The molecule has 0 radical (unpaired) electrons. The van der Waals surface area contributed by atoms with Gasteiger partial charge < -0.3 is 9.74 Å². The molecule has 0 aromatic carbocycles. The molecule has 1 fully saturated rings. The minimum atomic E-state index is 0.281. The van der Waals surface area contributed by atoms with Crippen LogP contribution < -0.4 is 0 Å². The van der Waals surface area contributed by atoms with Gasteiger partial charge >= 0.3 is 0 Å². The molecule has 0 aromatic heterocycles. The van der Waals surface area contributed by atoms with E-state index in [1.54, 1.807) is 0 Å². The number of hydrogen-bond donors (Lipinski definition) is 0. The van der Waals surface area contributed by atoms with Crippen LogP contribution in [0, 0.1) is 5.92 Å². The summed E-state index contributed by atoms with van der Waals surface area (Å²) in [5.74, 6) is 1.89. The van der Waals surface area contributed by atoms with Gasteiger partial charge in [0.2, 0.25) is 0 Å². The van der Waals surface area contributed by atoms with E-state index < -0.39 is 0 Å². The Morgan fingerprint density at radius 2 is 2.00 bits per heavy atom. The largest absolute Gasteiger partial charge is 0.396 e. The molecule has 2 aliphatic rings. The Bertz CT molecular complexity index is 524. The average molecular weight is 381 g/mol. The summed E-state index contributed by atoms with van der Waals surface area (Å²) < 4.78 is 0. The number of rotatable bonds is 10. The van der Waals surface area contributed by atoms with Gasteiger partial charge in [0.15, 0.2) is 5.78 Å². The number of hydrogen-bond acceptors (Lipinski definition) is 5. The predicted octanol–water partition coefficient (Wildman–Crippen LogP) is 5.04. The highest BCUT2D eigenvalue weighted by atomic mass is 32.2. The average Bonchev–Trinajstić information content (AvgIpc) is 3.13. The zero-order valence-corrected chi connectivity index (χ0v) is 17.9. The third kappa shape index (κ3) is 5.77. The minimum Gasteiger partial charge on any atom is -0.396 e. The SMILES string of the molecule is CCC/C(=N/OCC)C1=C(N2CCCC2)C[C@H](C[C@@H](C)SCC)CC1=O. The Labute approximate surface area is 163 Å². The lowest BCUT2D eigenvalue weighted by atomic mass is 9.81. The van der Waals surface area contributed by atoms with Crippen molar-refractivity contribution in [3.63, 3.8) is 0 Å². The van der Waals surface area contributed by atoms with Gasteiger partial charge in [-0.1, -0.05) is 32.3 Å². The number of carbonyl (C=O) groups is 1. The van der Waals surface area contributed by atoms with Crippen molar-refractivity contribution >= 4 is 23.3 Å². The summed E-state index contributed by atoms with van der Waals surface area (Å²) in [4.78, 5) is 21.0. The van der Waals surface area contributed by atoms with Gasteiger partial charge in [-0.2, -0.15) is 11.8 Å². The van der Waals surface area contributed by atoms with E-state index in [0.717, 1.165) is 55.8 Å². The van der Waals surface area contributed by atoms with Crippen LogP contribution in [0.2, 0.25) is 0 Å². The summed E-state index contributed by atoms with van der Waals surface area (Å²) in [5.41, 5.74) is 3.01. The van der Waals surface area contributed by atoms with Gasteiger partial charge in [-0.3, -0.25) is 4.79 Å². The van der Waals surface area contributed by atoms with Crippen LogP contribution in [0.4, 0.5) is 0 Å². The Morgan fingerprint density at radius 1 is 1.27 bits per heavy atom. The quantitative estimate of drug-likeness (QED) is 0.393. The molecule has 1 aliphatic heterocycles. The van der Waals surface area contributed by atoms with Gasteiger partial charge in [0.05, 0.1) is 11.3 Å². The molecule has 1 heterocycles. The van der Waals surface area contributed by atoms with Crippen LogP contribution in [0.1, 0.15) is 72.6 Å². The minimum absolute atomic E-state index is 0.281. The summed E-state index contributed by atoms with van der Waals surface area (Å²) in [6.07, 6.45) is 7.04. The maximum Gasteiger partial charge on any atom is 0.166 e. The number of carbonyl (C=O) groups excluding carboxylic acids is 1. The standard InChI is InChI=1S/C21H36N2O2S/c1-5-10-18(22-25-6-2)21-19(23-11-8-9-12-23)14-17(15-20(21)24)13-16(4)26-7-3/h16-17H,5-15H2,1-4H3/b22-18-/t16-,17+/m1/s1. The highest BCUT2D eigenvalue weighted by Crippen LogP contribution is 2.36. The summed E-state index contributed by atoms with van der Waals surface area (Å²) in [7, 11) is 0. The van der Waals surface area contributed by atoms with Gasteiger partial charge in [-0.15, -0.1) is 0 Å². The van der Waals surface area contributed by atoms with E-state index in [0.29, 0.717) is 24.2 Å². The van der Waals surface area contributed by atoms with E-state index in [2.05, 4.69) is 30.8 Å². The van der Waals surface area contributed by atoms with E-state index in [-0.39, 0.29) is 5.78 Å². The van der Waals surface area contributed by atoms with Crippen molar-refractivity contribution in [3.8, 4) is 0 Å². The normalized spacial score (nSPS) is 22.9. The monoisotopic (exact) mass is 380 g/mol. The number of thioether (sulfide) groups is 1. The van der Waals surface area contributed by atoms with E-state index in [9.17, 15) is 4.79 Å². The maximum atomic E-state index is 13.2. The van der Waals surface area contributed by atoms with Crippen LogP contribution in [0.3, 0.4) is 0 Å². The fourth-order valence-electron chi connectivity index (χ4n) is 4.16. The first-order chi connectivity index (χ1) is 12.6. The van der Waals surface area contributed by atoms with Crippen molar-refractivity contribution in [1.29, 1.82) is 0 Å². The Balaban J connectivity index is 2.30. The zero-order valence-electron chi connectivity index (χ0n) is 17.1. The van der Waals surface area contributed by atoms with Crippen molar-refractivity contribution in [1.82, 2.24) is 4.90 Å². The molecule has 5 heteroatoms. The fraction of sp³-hybridized carbons (Fsp3) is 0.810. The lowest BCUT2D eigenvalue weighted by molar-refractivity contribution is -0.116. The molecule has 1 aliphatic carbocycles. The first kappa shape index (κ1) is 21.3. The summed E-state index contributed by atoms with van der Waals surface area (Å²) >= 11 is 2.00. The van der Waals surface area contributed by atoms with Gasteiger partial charge in [0.1, 0.15) is 6.61 Å². The van der Waals surface area contributed by atoms with Gasteiger partial charge in [-0.05, 0) is 50.7 Å². The van der Waals surface area contributed by atoms with Crippen molar-refractivity contribution in [3.05, 3.63) is 11.3 Å². The molecule has 4 nitrogen and oxygen atoms in total. The molecule has 2 atom stereocenters. The highest BCUT2D eigenvalue weighted by molar-refractivity contribution is 7.99. The third-order valence-corrected chi connectivity index (χ3v) is 6.30. The third-order valence-electron chi connectivity index (χ3n) is 5.21. The second-order valence-electron chi connectivity index (χ2n) is 7.42. The molecule has 0 bridgehead atoms. The van der Waals surface area contributed by atoms with Crippen molar-refractivity contribution in [2.75, 3.05) is 25.4 Å². The Morgan fingerprint density at radius 3 is 2.62 bits per heavy atom.